The first-order valence-corrected chi connectivity index (χ1v) is 6.77. The van der Waals surface area contributed by atoms with E-state index < -0.39 is 12.4 Å². The van der Waals surface area contributed by atoms with Crippen LogP contribution in [-0.2, 0) is 0 Å². The molecule has 2 aromatic carbocycles. The molecule has 3 N–H and O–H groups in total. The van der Waals surface area contributed by atoms with Gasteiger partial charge >= 0.3 is 6.36 Å². The molecule has 0 aliphatic rings. The standard InChI is InChI=1S/C15H13ClF3NO3/c1-22-11-7-6-10(16)14(21)12(11)13(20)8-2-4-9(5-3-8)23-15(17,18)19/h2-7,13,21H,20H2,1H3/t13-/m0/s1. The monoisotopic (exact) mass is 347 g/mol. The topological polar surface area (TPSA) is 64.7 Å². The van der Waals surface area contributed by atoms with Gasteiger partial charge in [0.1, 0.15) is 17.2 Å². The molecule has 0 heterocycles. The van der Waals surface area contributed by atoms with Crippen molar-refractivity contribution in [3.63, 3.8) is 0 Å². The van der Waals surface area contributed by atoms with Gasteiger partial charge in [-0.1, -0.05) is 23.7 Å². The van der Waals surface area contributed by atoms with E-state index in [1.807, 2.05) is 0 Å². The number of phenols is 1. The van der Waals surface area contributed by atoms with Crippen molar-refractivity contribution in [3.05, 3.63) is 52.5 Å². The van der Waals surface area contributed by atoms with Crippen LogP contribution in [0.5, 0.6) is 17.2 Å². The van der Waals surface area contributed by atoms with Gasteiger partial charge in [-0.05, 0) is 29.8 Å². The minimum absolute atomic E-state index is 0.0910. The number of alkyl halides is 3. The molecule has 0 fully saturated rings. The fourth-order valence-corrected chi connectivity index (χ4v) is 2.25. The lowest BCUT2D eigenvalue weighted by Crippen LogP contribution is -2.17. The number of rotatable bonds is 4. The van der Waals surface area contributed by atoms with Gasteiger partial charge in [0.15, 0.2) is 0 Å². The zero-order chi connectivity index (χ0) is 17.2. The Morgan fingerprint density at radius 3 is 2.26 bits per heavy atom. The van der Waals surface area contributed by atoms with Crippen molar-refractivity contribution in [2.45, 2.75) is 12.4 Å². The van der Waals surface area contributed by atoms with Crippen LogP contribution < -0.4 is 15.2 Å². The predicted octanol–water partition coefficient (Wildman–Crippen LogP) is 4.00. The number of methoxy groups -OCH3 is 1. The van der Waals surface area contributed by atoms with Gasteiger partial charge in [0, 0.05) is 0 Å². The molecule has 0 saturated carbocycles. The van der Waals surface area contributed by atoms with Crippen molar-refractivity contribution in [1.82, 2.24) is 0 Å². The molecule has 0 aromatic heterocycles. The van der Waals surface area contributed by atoms with Crippen molar-refractivity contribution >= 4 is 11.6 Å². The van der Waals surface area contributed by atoms with Gasteiger partial charge in [-0.3, -0.25) is 0 Å². The average Bonchev–Trinajstić information content (AvgIpc) is 2.48. The van der Waals surface area contributed by atoms with Gasteiger partial charge in [0.05, 0.1) is 23.7 Å². The van der Waals surface area contributed by atoms with Crippen molar-refractivity contribution in [2.75, 3.05) is 7.11 Å². The molecule has 0 aliphatic carbocycles. The molecule has 2 rings (SSSR count). The van der Waals surface area contributed by atoms with Crippen LogP contribution in [0.3, 0.4) is 0 Å². The molecule has 0 amide bonds. The fourth-order valence-electron chi connectivity index (χ4n) is 2.08. The highest BCUT2D eigenvalue weighted by Gasteiger charge is 2.31. The van der Waals surface area contributed by atoms with E-state index in [0.717, 1.165) is 12.1 Å². The zero-order valence-corrected chi connectivity index (χ0v) is 12.7. The Bertz CT molecular complexity index is 690. The second kappa shape index (κ2) is 6.55. The number of nitrogens with two attached hydrogens (primary N) is 1. The lowest BCUT2D eigenvalue weighted by Gasteiger charge is -2.18. The third-order valence-corrected chi connectivity index (χ3v) is 3.44. The van der Waals surface area contributed by atoms with Gasteiger partial charge in [-0.25, -0.2) is 0 Å². The van der Waals surface area contributed by atoms with E-state index in [1.165, 1.54) is 25.3 Å². The first kappa shape index (κ1) is 17.2. The van der Waals surface area contributed by atoms with E-state index >= 15 is 0 Å². The Morgan fingerprint density at radius 1 is 1.13 bits per heavy atom. The molecule has 124 valence electrons. The zero-order valence-electron chi connectivity index (χ0n) is 11.9. The highest BCUT2D eigenvalue weighted by atomic mass is 35.5. The molecule has 0 aliphatic heterocycles. The van der Waals surface area contributed by atoms with Crippen molar-refractivity contribution in [1.29, 1.82) is 0 Å². The van der Waals surface area contributed by atoms with E-state index in [9.17, 15) is 18.3 Å². The van der Waals surface area contributed by atoms with Crippen LogP contribution in [0, 0.1) is 0 Å². The van der Waals surface area contributed by atoms with Crippen LogP contribution in [-0.4, -0.2) is 18.6 Å². The maximum atomic E-state index is 12.2. The van der Waals surface area contributed by atoms with Crippen LogP contribution in [0.25, 0.3) is 0 Å². The second-order valence-corrected chi connectivity index (χ2v) is 5.01. The molecule has 1 atom stereocenters. The molecule has 0 saturated heterocycles. The maximum Gasteiger partial charge on any atom is 0.573 e. The molecule has 0 bridgehead atoms. The maximum absolute atomic E-state index is 12.2. The number of hydrogen-bond acceptors (Lipinski definition) is 4. The molecule has 8 heteroatoms. The van der Waals surface area contributed by atoms with E-state index in [1.54, 1.807) is 6.07 Å². The summed E-state index contributed by atoms with van der Waals surface area (Å²) in [5, 5.41) is 10.2. The van der Waals surface area contributed by atoms with Gasteiger partial charge in [0.25, 0.3) is 0 Å². The molecular formula is C15H13ClF3NO3. The molecular weight excluding hydrogens is 335 g/mol. The summed E-state index contributed by atoms with van der Waals surface area (Å²) in [7, 11) is 1.40. The normalized spacial score (nSPS) is 12.8. The summed E-state index contributed by atoms with van der Waals surface area (Å²) in [5.74, 6) is -0.292. The third-order valence-electron chi connectivity index (χ3n) is 3.13. The van der Waals surface area contributed by atoms with E-state index in [4.69, 9.17) is 22.1 Å². The van der Waals surface area contributed by atoms with Gasteiger partial charge in [0.2, 0.25) is 0 Å². The predicted molar refractivity (Wildman–Crippen MR) is 78.8 cm³/mol. The summed E-state index contributed by atoms with van der Waals surface area (Å²) < 4.78 is 45.4. The Labute approximate surface area is 135 Å². The van der Waals surface area contributed by atoms with E-state index in [0.29, 0.717) is 11.3 Å². The van der Waals surface area contributed by atoms with Gasteiger partial charge in [-0.2, -0.15) is 0 Å². The Kier molecular flexibility index (Phi) is 4.91. The molecule has 0 unspecified atom stereocenters. The Balaban J connectivity index is 2.34. The largest absolute Gasteiger partial charge is 0.573 e. The van der Waals surface area contributed by atoms with Crippen molar-refractivity contribution in [2.24, 2.45) is 5.73 Å². The minimum Gasteiger partial charge on any atom is -0.506 e. The first-order chi connectivity index (χ1) is 10.7. The van der Waals surface area contributed by atoms with E-state index in [-0.39, 0.29) is 22.1 Å². The SMILES string of the molecule is COc1ccc(Cl)c(O)c1[C@@H](N)c1ccc(OC(F)(F)F)cc1. The second-order valence-electron chi connectivity index (χ2n) is 4.61. The third kappa shape index (κ3) is 4.00. The lowest BCUT2D eigenvalue weighted by molar-refractivity contribution is -0.274. The summed E-state index contributed by atoms with van der Waals surface area (Å²) >= 11 is 5.87. The van der Waals surface area contributed by atoms with Crippen molar-refractivity contribution < 1.29 is 27.8 Å². The average molecular weight is 348 g/mol. The summed E-state index contributed by atoms with van der Waals surface area (Å²) in [4.78, 5) is 0. The number of ether oxygens (including phenoxy) is 2. The number of aromatic hydroxyl groups is 1. The van der Waals surface area contributed by atoms with Crippen LogP contribution >= 0.6 is 11.6 Å². The molecule has 0 spiro atoms. The Morgan fingerprint density at radius 2 is 1.74 bits per heavy atom. The summed E-state index contributed by atoms with van der Waals surface area (Å²) in [6.07, 6.45) is -4.77. The number of phenolic OH excluding ortho intramolecular Hbond substituents is 1. The van der Waals surface area contributed by atoms with Crippen LogP contribution in [0.4, 0.5) is 13.2 Å². The van der Waals surface area contributed by atoms with E-state index in [2.05, 4.69) is 4.74 Å². The molecule has 23 heavy (non-hydrogen) atoms. The smallest absolute Gasteiger partial charge is 0.506 e. The minimum atomic E-state index is -4.77. The first-order valence-electron chi connectivity index (χ1n) is 6.39. The number of benzene rings is 2. The van der Waals surface area contributed by atoms with Crippen molar-refractivity contribution in [3.8, 4) is 17.2 Å². The molecule has 4 nitrogen and oxygen atoms in total. The molecule has 0 radical (unpaired) electrons. The summed E-state index contributed by atoms with van der Waals surface area (Å²) in [6.45, 7) is 0. The van der Waals surface area contributed by atoms with Crippen LogP contribution in [0.1, 0.15) is 17.2 Å². The van der Waals surface area contributed by atoms with Gasteiger partial charge in [-0.15, -0.1) is 13.2 Å². The quantitative estimate of drug-likeness (QED) is 0.877. The number of hydrogen-bond donors (Lipinski definition) is 2. The van der Waals surface area contributed by atoms with Gasteiger partial charge < -0.3 is 20.3 Å². The van der Waals surface area contributed by atoms with Crippen LogP contribution in [0.15, 0.2) is 36.4 Å². The summed E-state index contributed by atoms with van der Waals surface area (Å²) in [6, 6.07) is 7.15. The van der Waals surface area contributed by atoms with Crippen LogP contribution in [0.2, 0.25) is 5.02 Å². The highest BCUT2D eigenvalue weighted by Crippen LogP contribution is 2.40. The number of halogens is 4. The molecule has 2 aromatic rings. The Hall–Kier alpha value is -2.12. The summed E-state index contributed by atoms with van der Waals surface area (Å²) in [5.41, 5.74) is 6.77. The lowest BCUT2D eigenvalue weighted by atomic mass is 9.97. The highest BCUT2D eigenvalue weighted by molar-refractivity contribution is 6.32. The fraction of sp³-hybridized carbons (Fsp3) is 0.200.